The SMILES string of the molecule is CSc1ccccc1Oc1ccccc1SC. The van der Waals surface area contributed by atoms with Crippen molar-refractivity contribution in [3.8, 4) is 11.5 Å². The molecule has 2 aromatic carbocycles. The molecule has 0 unspecified atom stereocenters. The van der Waals surface area contributed by atoms with E-state index in [9.17, 15) is 0 Å². The molecule has 0 amide bonds. The van der Waals surface area contributed by atoms with Crippen LogP contribution in [0.25, 0.3) is 0 Å². The largest absolute Gasteiger partial charge is 0.455 e. The molecule has 0 N–H and O–H groups in total. The maximum Gasteiger partial charge on any atom is 0.141 e. The second-order valence-corrected chi connectivity index (χ2v) is 5.10. The maximum atomic E-state index is 5.98. The third-order valence-electron chi connectivity index (χ3n) is 2.36. The van der Waals surface area contributed by atoms with Gasteiger partial charge >= 0.3 is 0 Å². The minimum absolute atomic E-state index is 0.918. The molecule has 17 heavy (non-hydrogen) atoms. The van der Waals surface area contributed by atoms with Gasteiger partial charge in [0, 0.05) is 9.79 Å². The molecule has 3 heteroatoms. The van der Waals surface area contributed by atoms with Crippen LogP contribution < -0.4 is 4.74 Å². The van der Waals surface area contributed by atoms with Crippen LogP contribution in [0.1, 0.15) is 0 Å². The predicted molar refractivity (Wildman–Crippen MR) is 76.5 cm³/mol. The molecule has 1 nitrogen and oxygen atoms in total. The fraction of sp³-hybridized carbons (Fsp3) is 0.143. The molecule has 0 fully saturated rings. The summed E-state index contributed by atoms with van der Waals surface area (Å²) >= 11 is 3.39. The summed E-state index contributed by atoms with van der Waals surface area (Å²) in [6.45, 7) is 0. The van der Waals surface area contributed by atoms with Gasteiger partial charge in [-0.3, -0.25) is 0 Å². The van der Waals surface area contributed by atoms with E-state index in [2.05, 4.69) is 24.6 Å². The topological polar surface area (TPSA) is 9.23 Å². The Kier molecular flexibility index (Phi) is 4.40. The van der Waals surface area contributed by atoms with Gasteiger partial charge in [-0.05, 0) is 36.8 Å². The van der Waals surface area contributed by atoms with Crippen LogP contribution in [0.15, 0.2) is 58.3 Å². The summed E-state index contributed by atoms with van der Waals surface area (Å²) in [6, 6.07) is 16.2. The van der Waals surface area contributed by atoms with Crippen molar-refractivity contribution in [2.45, 2.75) is 9.79 Å². The average molecular weight is 262 g/mol. The first-order valence-electron chi connectivity index (χ1n) is 5.29. The van der Waals surface area contributed by atoms with Gasteiger partial charge in [0.15, 0.2) is 0 Å². The van der Waals surface area contributed by atoms with Gasteiger partial charge in [0.05, 0.1) is 0 Å². The lowest BCUT2D eigenvalue weighted by atomic mass is 10.3. The van der Waals surface area contributed by atoms with E-state index in [1.165, 1.54) is 0 Å². The van der Waals surface area contributed by atoms with Crippen LogP contribution >= 0.6 is 23.5 Å². The molecule has 2 aromatic rings. The predicted octanol–water partition coefficient (Wildman–Crippen LogP) is 4.92. The maximum absolute atomic E-state index is 5.98. The minimum atomic E-state index is 0.918. The number of rotatable bonds is 4. The van der Waals surface area contributed by atoms with Crippen LogP contribution in [0.2, 0.25) is 0 Å². The van der Waals surface area contributed by atoms with Crippen molar-refractivity contribution < 1.29 is 4.74 Å². The van der Waals surface area contributed by atoms with Crippen molar-refractivity contribution in [2.24, 2.45) is 0 Å². The molecule has 0 spiro atoms. The number of para-hydroxylation sites is 2. The fourth-order valence-corrected chi connectivity index (χ4v) is 2.58. The minimum Gasteiger partial charge on any atom is -0.455 e. The van der Waals surface area contributed by atoms with E-state index in [4.69, 9.17) is 4.74 Å². The van der Waals surface area contributed by atoms with Crippen LogP contribution in [0.5, 0.6) is 11.5 Å². The lowest BCUT2D eigenvalue weighted by Gasteiger charge is -2.11. The highest BCUT2D eigenvalue weighted by atomic mass is 32.2. The highest BCUT2D eigenvalue weighted by molar-refractivity contribution is 7.99. The number of hydrogen-bond acceptors (Lipinski definition) is 3. The Morgan fingerprint density at radius 3 is 1.53 bits per heavy atom. The first kappa shape index (κ1) is 12.4. The summed E-state index contributed by atoms with van der Waals surface area (Å²) in [4.78, 5) is 2.31. The number of thioether (sulfide) groups is 2. The van der Waals surface area contributed by atoms with Crippen molar-refractivity contribution in [1.82, 2.24) is 0 Å². The molecule has 0 heterocycles. The van der Waals surface area contributed by atoms with Gasteiger partial charge in [0.1, 0.15) is 11.5 Å². The standard InChI is InChI=1S/C14H14OS2/c1-16-13-9-5-3-7-11(13)15-12-8-4-6-10-14(12)17-2/h3-10H,1-2H3. The van der Waals surface area contributed by atoms with Gasteiger partial charge < -0.3 is 4.74 Å². The Morgan fingerprint density at radius 1 is 0.706 bits per heavy atom. The Labute approximate surface area is 111 Å². The molecule has 0 radical (unpaired) electrons. The Morgan fingerprint density at radius 2 is 1.12 bits per heavy atom. The lowest BCUT2D eigenvalue weighted by molar-refractivity contribution is 0.460. The van der Waals surface area contributed by atoms with E-state index in [1.807, 2.05) is 36.4 Å². The van der Waals surface area contributed by atoms with Gasteiger partial charge in [-0.15, -0.1) is 23.5 Å². The van der Waals surface area contributed by atoms with Crippen molar-refractivity contribution in [2.75, 3.05) is 12.5 Å². The molecule has 0 aromatic heterocycles. The Bertz CT molecular complexity index is 452. The number of benzene rings is 2. The van der Waals surface area contributed by atoms with E-state index in [0.29, 0.717) is 0 Å². The van der Waals surface area contributed by atoms with Crippen LogP contribution in [0, 0.1) is 0 Å². The second kappa shape index (κ2) is 6.03. The molecular weight excluding hydrogens is 248 g/mol. The van der Waals surface area contributed by atoms with E-state index >= 15 is 0 Å². The summed E-state index contributed by atoms with van der Waals surface area (Å²) < 4.78 is 5.98. The van der Waals surface area contributed by atoms with Gasteiger partial charge in [-0.1, -0.05) is 24.3 Å². The van der Waals surface area contributed by atoms with E-state index in [0.717, 1.165) is 21.3 Å². The summed E-state index contributed by atoms with van der Waals surface area (Å²) in [7, 11) is 0. The third kappa shape index (κ3) is 2.99. The Hall–Kier alpha value is -1.06. The molecule has 0 saturated carbocycles. The highest BCUT2D eigenvalue weighted by Crippen LogP contribution is 2.35. The van der Waals surface area contributed by atoms with Gasteiger partial charge in [-0.2, -0.15) is 0 Å². The highest BCUT2D eigenvalue weighted by Gasteiger charge is 2.06. The van der Waals surface area contributed by atoms with Gasteiger partial charge in [0.2, 0.25) is 0 Å². The van der Waals surface area contributed by atoms with Crippen molar-refractivity contribution in [1.29, 1.82) is 0 Å². The molecule has 0 saturated heterocycles. The van der Waals surface area contributed by atoms with Crippen LogP contribution in [0.4, 0.5) is 0 Å². The molecule has 0 aliphatic carbocycles. The van der Waals surface area contributed by atoms with E-state index in [-0.39, 0.29) is 0 Å². The van der Waals surface area contributed by atoms with E-state index < -0.39 is 0 Å². The third-order valence-corrected chi connectivity index (χ3v) is 3.91. The number of ether oxygens (including phenoxy) is 1. The summed E-state index contributed by atoms with van der Waals surface area (Å²) in [5.74, 6) is 1.84. The second-order valence-electron chi connectivity index (χ2n) is 3.40. The molecular formula is C14H14OS2. The lowest BCUT2D eigenvalue weighted by Crippen LogP contribution is -1.88. The molecule has 0 aliphatic rings. The zero-order valence-electron chi connectivity index (χ0n) is 9.84. The average Bonchev–Trinajstić information content (AvgIpc) is 2.40. The first-order chi connectivity index (χ1) is 8.35. The van der Waals surface area contributed by atoms with Crippen molar-refractivity contribution in [3.05, 3.63) is 48.5 Å². The number of hydrogen-bond donors (Lipinski definition) is 0. The van der Waals surface area contributed by atoms with E-state index in [1.54, 1.807) is 23.5 Å². The zero-order valence-corrected chi connectivity index (χ0v) is 11.5. The van der Waals surface area contributed by atoms with Crippen LogP contribution in [-0.4, -0.2) is 12.5 Å². The summed E-state index contributed by atoms with van der Waals surface area (Å²) in [5.41, 5.74) is 0. The molecule has 2 rings (SSSR count). The quantitative estimate of drug-likeness (QED) is 0.724. The molecule has 0 bridgehead atoms. The summed E-state index contributed by atoms with van der Waals surface area (Å²) in [6.07, 6.45) is 4.12. The molecule has 88 valence electrons. The van der Waals surface area contributed by atoms with Crippen molar-refractivity contribution in [3.63, 3.8) is 0 Å². The van der Waals surface area contributed by atoms with Crippen molar-refractivity contribution >= 4 is 23.5 Å². The monoisotopic (exact) mass is 262 g/mol. The first-order valence-corrected chi connectivity index (χ1v) is 7.74. The normalized spacial score (nSPS) is 10.2. The van der Waals surface area contributed by atoms with Gasteiger partial charge in [-0.25, -0.2) is 0 Å². The fourth-order valence-electron chi connectivity index (χ4n) is 1.52. The van der Waals surface area contributed by atoms with Gasteiger partial charge in [0.25, 0.3) is 0 Å². The Balaban J connectivity index is 2.31. The molecule has 0 aliphatic heterocycles. The summed E-state index contributed by atoms with van der Waals surface area (Å²) in [5, 5.41) is 0. The van der Waals surface area contributed by atoms with Crippen LogP contribution in [-0.2, 0) is 0 Å². The van der Waals surface area contributed by atoms with Crippen LogP contribution in [0.3, 0.4) is 0 Å². The zero-order chi connectivity index (χ0) is 12.1. The molecule has 0 atom stereocenters. The smallest absolute Gasteiger partial charge is 0.141 e.